The van der Waals surface area contributed by atoms with Crippen LogP contribution in [0.15, 0.2) is 53.7 Å². The lowest BCUT2D eigenvalue weighted by atomic mass is 10.2. The fraction of sp³-hybridized carbons (Fsp3) is 0.133. The predicted octanol–water partition coefficient (Wildman–Crippen LogP) is 3.68. The number of rotatable bonds is 4. The molecular weight excluding hydrogens is 229 g/mol. The summed E-state index contributed by atoms with van der Waals surface area (Å²) in [6.07, 6.45) is 1.62. The van der Waals surface area contributed by atoms with Crippen molar-refractivity contribution < 1.29 is 9.23 Å². The highest BCUT2D eigenvalue weighted by Crippen LogP contribution is 2.07. The van der Waals surface area contributed by atoms with Crippen molar-refractivity contribution in [2.45, 2.75) is 13.5 Å². The SMILES string of the molecule is Cc1cccc(C=NOCc2ccccc2F)c1. The minimum absolute atomic E-state index is 0.134. The Kier molecular flexibility index (Phi) is 4.07. The Morgan fingerprint density at radius 2 is 2.00 bits per heavy atom. The first kappa shape index (κ1) is 12.3. The summed E-state index contributed by atoms with van der Waals surface area (Å²) in [5.74, 6) is -0.275. The number of benzene rings is 2. The molecule has 2 aromatic carbocycles. The van der Waals surface area contributed by atoms with Gasteiger partial charge in [0.1, 0.15) is 12.4 Å². The lowest BCUT2D eigenvalue weighted by Crippen LogP contribution is -1.92. The van der Waals surface area contributed by atoms with Crippen LogP contribution < -0.4 is 0 Å². The van der Waals surface area contributed by atoms with E-state index in [4.69, 9.17) is 4.84 Å². The van der Waals surface area contributed by atoms with Crippen molar-refractivity contribution in [2.75, 3.05) is 0 Å². The van der Waals surface area contributed by atoms with Crippen LogP contribution in [0.4, 0.5) is 4.39 Å². The van der Waals surface area contributed by atoms with Crippen molar-refractivity contribution >= 4 is 6.21 Å². The van der Waals surface area contributed by atoms with Crippen LogP contribution in [-0.4, -0.2) is 6.21 Å². The first-order valence-electron chi connectivity index (χ1n) is 5.71. The molecule has 0 fully saturated rings. The molecule has 0 aliphatic rings. The van der Waals surface area contributed by atoms with Crippen molar-refractivity contribution in [2.24, 2.45) is 5.16 Å². The molecule has 0 bridgehead atoms. The van der Waals surface area contributed by atoms with Crippen LogP contribution in [0.25, 0.3) is 0 Å². The quantitative estimate of drug-likeness (QED) is 0.593. The standard InChI is InChI=1S/C15H14FNO/c1-12-5-4-6-13(9-12)10-17-18-11-14-7-2-3-8-15(14)16/h2-10H,11H2,1H3. The highest BCUT2D eigenvalue weighted by molar-refractivity contribution is 5.79. The van der Waals surface area contributed by atoms with Gasteiger partial charge in [0, 0.05) is 5.56 Å². The normalized spacial score (nSPS) is 10.8. The minimum Gasteiger partial charge on any atom is -0.391 e. The fourth-order valence-corrected chi connectivity index (χ4v) is 1.57. The van der Waals surface area contributed by atoms with Crippen LogP contribution in [0.5, 0.6) is 0 Å². The third-order valence-corrected chi connectivity index (χ3v) is 2.50. The molecule has 2 aromatic rings. The van der Waals surface area contributed by atoms with E-state index in [1.54, 1.807) is 24.4 Å². The zero-order chi connectivity index (χ0) is 12.8. The molecule has 0 N–H and O–H groups in total. The van der Waals surface area contributed by atoms with E-state index >= 15 is 0 Å². The van der Waals surface area contributed by atoms with Crippen molar-refractivity contribution in [1.82, 2.24) is 0 Å². The summed E-state index contributed by atoms with van der Waals surface area (Å²) < 4.78 is 13.3. The van der Waals surface area contributed by atoms with Gasteiger partial charge in [0.25, 0.3) is 0 Å². The van der Waals surface area contributed by atoms with Gasteiger partial charge in [0.15, 0.2) is 0 Å². The van der Waals surface area contributed by atoms with Gasteiger partial charge < -0.3 is 4.84 Å². The summed E-state index contributed by atoms with van der Waals surface area (Å²) in [4.78, 5) is 5.07. The molecule has 3 heteroatoms. The Hall–Kier alpha value is -2.16. The van der Waals surface area contributed by atoms with Crippen molar-refractivity contribution in [3.05, 3.63) is 71.0 Å². The van der Waals surface area contributed by atoms with Crippen LogP contribution in [0.2, 0.25) is 0 Å². The Labute approximate surface area is 106 Å². The maximum absolute atomic E-state index is 13.3. The predicted molar refractivity (Wildman–Crippen MR) is 70.0 cm³/mol. The molecule has 0 aliphatic carbocycles. The van der Waals surface area contributed by atoms with Gasteiger partial charge >= 0.3 is 0 Å². The molecule has 0 amide bonds. The minimum atomic E-state index is -0.275. The number of hydrogen-bond donors (Lipinski definition) is 0. The first-order chi connectivity index (χ1) is 8.75. The molecule has 0 aliphatic heterocycles. The van der Waals surface area contributed by atoms with Crippen LogP contribution in [0.1, 0.15) is 16.7 Å². The molecule has 0 saturated heterocycles. The Morgan fingerprint density at radius 3 is 2.78 bits per heavy atom. The molecule has 0 heterocycles. The number of nitrogens with zero attached hydrogens (tertiary/aromatic N) is 1. The zero-order valence-corrected chi connectivity index (χ0v) is 10.1. The molecule has 0 unspecified atom stereocenters. The summed E-state index contributed by atoms with van der Waals surface area (Å²) in [6.45, 7) is 2.15. The zero-order valence-electron chi connectivity index (χ0n) is 10.1. The molecule has 2 rings (SSSR count). The molecule has 0 radical (unpaired) electrons. The number of oxime groups is 1. The number of halogens is 1. The lowest BCUT2D eigenvalue weighted by molar-refractivity contribution is 0.129. The largest absolute Gasteiger partial charge is 0.391 e. The second-order valence-electron chi connectivity index (χ2n) is 4.01. The molecule has 0 atom stereocenters. The monoisotopic (exact) mass is 243 g/mol. The third kappa shape index (κ3) is 3.42. The average Bonchev–Trinajstić information content (AvgIpc) is 2.37. The average molecular weight is 243 g/mol. The summed E-state index contributed by atoms with van der Waals surface area (Å²) in [6, 6.07) is 14.4. The second kappa shape index (κ2) is 5.96. The van der Waals surface area contributed by atoms with E-state index in [1.165, 1.54) is 6.07 Å². The molecule has 18 heavy (non-hydrogen) atoms. The summed E-state index contributed by atoms with van der Waals surface area (Å²) in [7, 11) is 0. The molecule has 0 saturated carbocycles. The fourth-order valence-electron chi connectivity index (χ4n) is 1.57. The summed E-state index contributed by atoms with van der Waals surface area (Å²) in [5.41, 5.74) is 2.62. The lowest BCUT2D eigenvalue weighted by Gasteiger charge is -2.01. The van der Waals surface area contributed by atoms with E-state index in [-0.39, 0.29) is 12.4 Å². The van der Waals surface area contributed by atoms with E-state index in [9.17, 15) is 4.39 Å². The van der Waals surface area contributed by atoms with Crippen LogP contribution >= 0.6 is 0 Å². The van der Waals surface area contributed by atoms with Gasteiger partial charge in [0.2, 0.25) is 0 Å². The van der Waals surface area contributed by atoms with Gasteiger partial charge in [0.05, 0.1) is 6.21 Å². The van der Waals surface area contributed by atoms with E-state index in [0.29, 0.717) is 5.56 Å². The highest BCUT2D eigenvalue weighted by atomic mass is 19.1. The smallest absolute Gasteiger partial charge is 0.145 e. The topological polar surface area (TPSA) is 21.6 Å². The second-order valence-corrected chi connectivity index (χ2v) is 4.01. The van der Waals surface area contributed by atoms with Gasteiger partial charge in [-0.3, -0.25) is 0 Å². The third-order valence-electron chi connectivity index (χ3n) is 2.50. The van der Waals surface area contributed by atoms with Crippen LogP contribution in [0.3, 0.4) is 0 Å². The van der Waals surface area contributed by atoms with E-state index in [1.807, 2.05) is 31.2 Å². The number of aryl methyl sites for hydroxylation is 1. The van der Waals surface area contributed by atoms with Gasteiger partial charge in [-0.05, 0) is 18.6 Å². The maximum atomic E-state index is 13.3. The van der Waals surface area contributed by atoms with E-state index in [0.717, 1.165) is 11.1 Å². The Morgan fingerprint density at radius 1 is 1.17 bits per heavy atom. The maximum Gasteiger partial charge on any atom is 0.145 e. The van der Waals surface area contributed by atoms with Gasteiger partial charge in [-0.1, -0.05) is 53.2 Å². The molecule has 0 spiro atoms. The van der Waals surface area contributed by atoms with Gasteiger partial charge in [-0.25, -0.2) is 4.39 Å². The molecular formula is C15H14FNO. The van der Waals surface area contributed by atoms with Crippen molar-refractivity contribution in [3.63, 3.8) is 0 Å². The number of hydrogen-bond acceptors (Lipinski definition) is 2. The Balaban J connectivity index is 1.91. The summed E-state index contributed by atoms with van der Waals surface area (Å²) in [5, 5.41) is 3.83. The highest BCUT2D eigenvalue weighted by Gasteiger charge is 1.99. The van der Waals surface area contributed by atoms with Gasteiger partial charge in [-0.2, -0.15) is 0 Å². The van der Waals surface area contributed by atoms with Crippen LogP contribution in [-0.2, 0) is 11.4 Å². The molecule has 92 valence electrons. The van der Waals surface area contributed by atoms with E-state index < -0.39 is 0 Å². The summed E-state index contributed by atoms with van der Waals surface area (Å²) >= 11 is 0. The molecule has 0 aromatic heterocycles. The first-order valence-corrected chi connectivity index (χ1v) is 5.71. The Bertz CT molecular complexity index is 552. The van der Waals surface area contributed by atoms with E-state index in [2.05, 4.69) is 5.16 Å². The van der Waals surface area contributed by atoms with Crippen LogP contribution in [0, 0.1) is 12.7 Å². The van der Waals surface area contributed by atoms with Crippen molar-refractivity contribution in [1.29, 1.82) is 0 Å². The van der Waals surface area contributed by atoms with Crippen molar-refractivity contribution in [3.8, 4) is 0 Å². The molecule has 2 nitrogen and oxygen atoms in total. The van der Waals surface area contributed by atoms with Gasteiger partial charge in [-0.15, -0.1) is 0 Å².